The van der Waals surface area contributed by atoms with Gasteiger partial charge >= 0.3 is 60.0 Å². The second-order valence-corrected chi connectivity index (χ2v) is 5.56. The number of rotatable bonds is 4. The molecule has 0 aliphatic rings. The summed E-state index contributed by atoms with van der Waals surface area (Å²) in [5.41, 5.74) is 0. The molecule has 10 heavy (non-hydrogen) atoms. The van der Waals surface area contributed by atoms with Crippen LogP contribution in [-0.4, -0.2) is 39.9 Å². The van der Waals surface area contributed by atoms with E-state index in [0.29, 0.717) is 0 Å². The summed E-state index contributed by atoms with van der Waals surface area (Å²) in [4.78, 5) is 10.3. The van der Waals surface area contributed by atoms with Crippen LogP contribution in [0.4, 0.5) is 0 Å². The van der Waals surface area contributed by atoms with Crippen molar-refractivity contribution >= 4 is 20.0 Å². The molecule has 0 aliphatic heterocycles. The van der Waals surface area contributed by atoms with E-state index in [1.54, 1.807) is 0 Å². The molecule has 0 amide bonds. The second-order valence-electron chi connectivity index (χ2n) is 1.84. The summed E-state index contributed by atoms with van der Waals surface area (Å²) in [6.07, 6.45) is -0.236. The van der Waals surface area contributed by atoms with E-state index >= 15 is 0 Å². The summed E-state index contributed by atoms with van der Waals surface area (Å²) >= 11 is -4.62. The van der Waals surface area contributed by atoms with E-state index < -0.39 is 31.8 Å². The predicted molar refractivity (Wildman–Crippen MR) is 32.4 cm³/mol. The number of carbonyl (C=O) groups excluding carboxylic acids is 1. The zero-order valence-electron chi connectivity index (χ0n) is 5.23. The fourth-order valence-electron chi connectivity index (χ4n) is 0.349. The van der Waals surface area contributed by atoms with Crippen molar-refractivity contribution in [1.82, 2.24) is 0 Å². The molecule has 60 valence electrons. The van der Waals surface area contributed by atoms with Crippen molar-refractivity contribution in [2.24, 2.45) is 0 Å². The number of ketones is 1. The van der Waals surface area contributed by atoms with Crippen LogP contribution >= 0.6 is 0 Å². The van der Waals surface area contributed by atoms with Crippen molar-refractivity contribution < 1.29 is 21.8 Å². The quantitative estimate of drug-likeness (QED) is 0.482. The molecule has 0 unspecified atom stereocenters. The van der Waals surface area contributed by atoms with Crippen LogP contribution in [-0.2, 0) is 8.53 Å². The Morgan fingerprint density at radius 2 is 1.90 bits per heavy atom. The Morgan fingerprint density at radius 3 is 2.20 bits per heavy atom. The predicted octanol–water partition coefficient (Wildman–Crippen LogP) is -1.71. The van der Waals surface area contributed by atoms with Crippen LogP contribution in [0.3, 0.4) is 0 Å². The van der Waals surface area contributed by atoms with Gasteiger partial charge in [0, 0.05) is 0 Å². The number of carbonyl (C=O) groups is 1. The van der Waals surface area contributed by atoms with E-state index in [2.05, 4.69) is 0 Å². The van der Waals surface area contributed by atoms with Gasteiger partial charge in [0.1, 0.15) is 0 Å². The van der Waals surface area contributed by atoms with Crippen LogP contribution in [0.25, 0.3) is 0 Å². The third kappa shape index (κ3) is 6.03. The van der Waals surface area contributed by atoms with Gasteiger partial charge in [-0.25, -0.2) is 0 Å². The molecule has 0 saturated heterocycles. The Labute approximate surface area is 60.7 Å². The van der Waals surface area contributed by atoms with Crippen molar-refractivity contribution in [3.05, 3.63) is 0 Å². The van der Waals surface area contributed by atoms with E-state index in [1.165, 1.54) is 0 Å². The molecular weight excluding hydrogens is 203 g/mol. The van der Waals surface area contributed by atoms with Gasteiger partial charge in [0.2, 0.25) is 0 Å². The first-order valence-corrected chi connectivity index (χ1v) is 6.40. The van der Waals surface area contributed by atoms with Gasteiger partial charge in [-0.05, 0) is 0 Å². The molecule has 0 saturated carbocycles. The molecule has 6 heteroatoms. The van der Waals surface area contributed by atoms with Crippen molar-refractivity contribution in [1.29, 1.82) is 0 Å². The third-order valence-corrected chi connectivity index (χ3v) is 2.55. The number of aliphatic hydroxyl groups excluding tert-OH is 1. The Kier molecular flexibility index (Phi) is 3.89. The normalized spacial score (nSPS) is 11.5. The fourth-order valence-corrected chi connectivity index (χ4v) is 1.48. The maximum atomic E-state index is 10.3. The minimum absolute atomic E-state index is 0.236. The molecule has 0 heterocycles. The molecule has 3 N–H and O–H groups in total. The average Bonchev–Trinajstić information content (AvgIpc) is 1.81. The monoisotopic (exact) mass is 212 g/mol. The third-order valence-electron chi connectivity index (χ3n) is 0.858. The molecule has 0 fully saturated rings. The molecule has 0 aromatic carbocycles. The first-order chi connectivity index (χ1) is 4.45. The van der Waals surface area contributed by atoms with E-state index in [0.717, 1.165) is 0 Å². The second kappa shape index (κ2) is 3.93. The van der Waals surface area contributed by atoms with Gasteiger partial charge < -0.3 is 0 Å². The first-order valence-electron chi connectivity index (χ1n) is 2.63. The fraction of sp³-hybridized carbons (Fsp3) is 0.750. The molecule has 5 nitrogen and oxygen atoms in total. The first kappa shape index (κ1) is 9.91. The topological polar surface area (TPSA) is 94.8 Å². The Morgan fingerprint density at radius 1 is 1.40 bits per heavy atom. The van der Waals surface area contributed by atoms with Crippen LogP contribution in [0.1, 0.15) is 6.42 Å². The summed E-state index contributed by atoms with van der Waals surface area (Å²) < 4.78 is 26.8. The molecule has 0 spiro atoms. The molecule has 0 atom stereocenters. The van der Waals surface area contributed by atoms with Gasteiger partial charge in [-0.15, -0.1) is 0 Å². The SMILES string of the molecule is O=C(CO)CC[As](=O)(O)O. The van der Waals surface area contributed by atoms with Gasteiger partial charge in [-0.2, -0.15) is 0 Å². The number of hydrogen-bond donors (Lipinski definition) is 3. The summed E-state index contributed by atoms with van der Waals surface area (Å²) in [7, 11) is 0. The van der Waals surface area contributed by atoms with E-state index in [-0.39, 0.29) is 6.42 Å². The van der Waals surface area contributed by atoms with Gasteiger partial charge in [-0.3, -0.25) is 0 Å². The standard InChI is InChI=1S/C4H9AsO5/c6-3-4(7)1-2-5(8,9)10/h6H,1-3H2,(H2,8,9,10). The molecule has 0 bridgehead atoms. The number of aliphatic hydroxyl groups is 1. The van der Waals surface area contributed by atoms with Crippen molar-refractivity contribution in [3.63, 3.8) is 0 Å². The summed E-state index contributed by atoms with van der Waals surface area (Å²) in [5, 5.41) is 7.72. The Hall–Kier alpha value is -0.0916. The van der Waals surface area contributed by atoms with Crippen LogP contribution in [0, 0.1) is 0 Å². The minimum atomic E-state index is -4.62. The molecule has 0 aromatic heterocycles. The van der Waals surface area contributed by atoms with E-state index in [1.807, 2.05) is 0 Å². The molecule has 0 radical (unpaired) electrons. The van der Waals surface area contributed by atoms with Gasteiger partial charge in [0.05, 0.1) is 0 Å². The van der Waals surface area contributed by atoms with Crippen LogP contribution in [0.5, 0.6) is 0 Å². The van der Waals surface area contributed by atoms with E-state index in [9.17, 15) is 8.53 Å². The number of Topliss-reactive ketones (excluding diaryl/α,β-unsaturated/α-hetero) is 1. The Balaban J connectivity index is 3.56. The summed E-state index contributed by atoms with van der Waals surface area (Å²) in [5.74, 6) is -0.537. The molecule has 0 aliphatic carbocycles. The molecule has 0 rings (SSSR count). The summed E-state index contributed by atoms with van der Waals surface area (Å²) in [6.45, 7) is -0.643. The van der Waals surface area contributed by atoms with Gasteiger partial charge in [-0.1, -0.05) is 0 Å². The van der Waals surface area contributed by atoms with Gasteiger partial charge in [0.15, 0.2) is 0 Å². The van der Waals surface area contributed by atoms with E-state index in [4.69, 9.17) is 13.3 Å². The van der Waals surface area contributed by atoms with Crippen LogP contribution < -0.4 is 0 Å². The maximum absolute atomic E-state index is 10.3. The summed E-state index contributed by atoms with van der Waals surface area (Å²) in [6, 6.07) is 0. The van der Waals surface area contributed by atoms with Crippen molar-refractivity contribution in [2.45, 2.75) is 11.6 Å². The zero-order chi connectivity index (χ0) is 8.20. The zero-order valence-corrected chi connectivity index (χ0v) is 7.10. The van der Waals surface area contributed by atoms with Gasteiger partial charge in [0.25, 0.3) is 0 Å². The number of hydrogen-bond acceptors (Lipinski definition) is 3. The average molecular weight is 212 g/mol. The Bertz CT molecular complexity index is 159. The van der Waals surface area contributed by atoms with Crippen molar-refractivity contribution in [3.8, 4) is 0 Å². The molecule has 0 aromatic rings. The van der Waals surface area contributed by atoms with Crippen LogP contribution in [0.15, 0.2) is 0 Å². The van der Waals surface area contributed by atoms with Crippen molar-refractivity contribution in [2.75, 3.05) is 6.61 Å². The molecular formula is C4H9AsO5. The van der Waals surface area contributed by atoms with Crippen LogP contribution in [0.2, 0.25) is 5.21 Å².